The summed E-state index contributed by atoms with van der Waals surface area (Å²) in [7, 11) is 0. The molecule has 8 rings (SSSR count). The molecule has 5 saturated carbocycles. The number of rotatable bonds is 9. The van der Waals surface area contributed by atoms with Gasteiger partial charge in [0.1, 0.15) is 36.6 Å². The number of carbonyl (C=O) groups excluding carboxylic acids is 1. The Morgan fingerprint density at radius 3 is 1.98 bits per heavy atom. The summed E-state index contributed by atoms with van der Waals surface area (Å²) < 4.78 is 23.6. The van der Waals surface area contributed by atoms with Crippen LogP contribution >= 0.6 is 0 Å². The number of carboxylic acid groups (broad SMARTS) is 2. The van der Waals surface area contributed by atoms with Crippen LogP contribution in [0.25, 0.3) is 0 Å². The number of allylic oxidation sites excluding steroid dienone is 2. The maximum Gasteiger partial charge on any atom is 0.335 e. The van der Waals surface area contributed by atoms with Gasteiger partial charge in [0.15, 0.2) is 30.6 Å². The Morgan fingerprint density at radius 1 is 0.714 bits per heavy atom. The Morgan fingerprint density at radius 2 is 1.33 bits per heavy atom. The highest BCUT2D eigenvalue weighted by molar-refractivity contribution is 5.95. The zero-order chi connectivity index (χ0) is 45.8. The molecule has 0 spiro atoms. The molecule has 19 atom stereocenters. The van der Waals surface area contributed by atoms with Crippen LogP contribution in [0.1, 0.15) is 138 Å². The summed E-state index contributed by atoms with van der Waals surface area (Å²) in [6, 6.07) is 0.604. The zero-order valence-electron chi connectivity index (χ0n) is 38.3. The first-order chi connectivity index (χ1) is 29.4. The predicted molar refractivity (Wildman–Crippen MR) is 227 cm³/mol. The van der Waals surface area contributed by atoms with E-state index < -0.39 is 90.3 Å². The number of aliphatic carboxylic acids is 2. The summed E-state index contributed by atoms with van der Waals surface area (Å²) in [4.78, 5) is 39.2. The van der Waals surface area contributed by atoms with Crippen molar-refractivity contribution in [3.8, 4) is 0 Å². The van der Waals surface area contributed by atoms with Crippen LogP contribution in [0.5, 0.6) is 0 Å². The molecule has 0 bridgehead atoms. The van der Waals surface area contributed by atoms with Gasteiger partial charge in [0.05, 0.1) is 6.10 Å². The smallest absolute Gasteiger partial charge is 0.335 e. The lowest BCUT2D eigenvalue weighted by molar-refractivity contribution is -0.371. The lowest BCUT2D eigenvalue weighted by atomic mass is 9.33. The van der Waals surface area contributed by atoms with Crippen molar-refractivity contribution in [2.45, 2.75) is 212 Å². The third kappa shape index (κ3) is 7.68. The topological polar surface area (TPSA) is 242 Å². The van der Waals surface area contributed by atoms with E-state index in [1.807, 2.05) is 0 Å². The van der Waals surface area contributed by atoms with E-state index in [9.17, 15) is 45.3 Å². The van der Waals surface area contributed by atoms with Crippen LogP contribution in [-0.2, 0) is 33.3 Å². The third-order valence-electron chi connectivity index (χ3n) is 19.2. The molecule has 0 amide bonds. The SMILES string of the molecule is CC1(C)[C@@H](O[C@@H]2O[C@H](C(=O)O)[C@@H](O)[C@H](O)[C@H]2O[C@@H]2O[C@H](C(=O)O)[C@@H](O)[C@H](O)[C@H]2O)CC[C@]2(C)[C@H]3C(=O)C=C4[C@@H]5C[C@@](C)(CNC6CCCCC6)CC[C@]5(C)CC[C@@]4(C)[C@]3(C)CC[C@@H]12. The summed E-state index contributed by atoms with van der Waals surface area (Å²) in [5, 5.41) is 77.2. The average Bonchev–Trinajstić information content (AvgIpc) is 3.22. The van der Waals surface area contributed by atoms with Crippen LogP contribution < -0.4 is 5.32 Å². The first-order valence-electron chi connectivity index (χ1n) is 23.9. The molecule has 2 saturated heterocycles. The predicted octanol–water partition coefficient (Wildman–Crippen LogP) is 4.08. The number of ether oxygens (including phenoxy) is 4. The molecule has 0 unspecified atom stereocenters. The quantitative estimate of drug-likeness (QED) is 0.152. The number of fused-ring (bicyclic) bond motifs is 7. The van der Waals surface area contributed by atoms with Crippen molar-refractivity contribution in [1.82, 2.24) is 5.32 Å². The van der Waals surface area contributed by atoms with E-state index in [4.69, 9.17) is 18.9 Å². The van der Waals surface area contributed by atoms with Crippen LogP contribution in [0.2, 0.25) is 0 Å². The summed E-state index contributed by atoms with van der Waals surface area (Å²) >= 11 is 0. The molecule has 8 aliphatic rings. The van der Waals surface area contributed by atoms with Crippen LogP contribution in [0, 0.1) is 50.2 Å². The van der Waals surface area contributed by atoms with Gasteiger partial charge in [-0.05, 0) is 121 Å². The van der Waals surface area contributed by atoms with E-state index in [-0.39, 0.29) is 39.3 Å². The van der Waals surface area contributed by atoms with Gasteiger partial charge in [-0.15, -0.1) is 0 Å². The highest BCUT2D eigenvalue weighted by atomic mass is 16.8. The van der Waals surface area contributed by atoms with Gasteiger partial charge in [-0.2, -0.15) is 0 Å². The minimum absolute atomic E-state index is 0.0211. The lowest BCUT2D eigenvalue weighted by Gasteiger charge is -2.70. The Balaban J connectivity index is 1.04. The molecule has 15 nitrogen and oxygen atoms in total. The lowest BCUT2D eigenvalue weighted by Crippen LogP contribution is -2.68. The van der Waals surface area contributed by atoms with Crippen molar-refractivity contribution in [2.75, 3.05) is 6.54 Å². The van der Waals surface area contributed by atoms with Gasteiger partial charge in [0.2, 0.25) is 0 Å². The number of carbonyl (C=O) groups is 3. The number of nitrogens with one attached hydrogen (secondary N) is 1. The first kappa shape index (κ1) is 47.4. The van der Waals surface area contributed by atoms with E-state index in [0.29, 0.717) is 24.8 Å². The fourth-order valence-corrected chi connectivity index (χ4v) is 15.1. The third-order valence-corrected chi connectivity index (χ3v) is 19.2. The second-order valence-electron chi connectivity index (χ2n) is 23.3. The molecule has 6 aliphatic carbocycles. The number of hydrogen-bond acceptors (Lipinski definition) is 13. The van der Waals surface area contributed by atoms with Crippen molar-refractivity contribution in [3.63, 3.8) is 0 Å². The minimum Gasteiger partial charge on any atom is -0.479 e. The van der Waals surface area contributed by atoms with E-state index in [1.54, 1.807) is 0 Å². The minimum atomic E-state index is -2.02. The molecule has 0 aromatic heterocycles. The van der Waals surface area contributed by atoms with Crippen molar-refractivity contribution in [1.29, 1.82) is 0 Å². The highest BCUT2D eigenvalue weighted by Gasteiger charge is 2.70. The Kier molecular flexibility index (Phi) is 12.5. The second kappa shape index (κ2) is 16.6. The number of carboxylic acids is 2. The number of hydrogen-bond donors (Lipinski definition) is 8. The summed E-state index contributed by atoms with van der Waals surface area (Å²) in [5.41, 5.74) is 0.191. The molecule has 15 heteroatoms. The average molecular weight is 890 g/mol. The molecule has 7 fully saturated rings. The fraction of sp³-hybridized carbons (Fsp3) is 0.896. The molecule has 2 aliphatic heterocycles. The van der Waals surface area contributed by atoms with Crippen LogP contribution in [-0.4, -0.2) is 134 Å². The first-order valence-corrected chi connectivity index (χ1v) is 23.9. The maximum absolute atomic E-state index is 15.1. The Labute approximate surface area is 371 Å². The van der Waals surface area contributed by atoms with Crippen molar-refractivity contribution in [2.24, 2.45) is 50.2 Å². The van der Waals surface area contributed by atoms with Gasteiger partial charge in [-0.3, -0.25) is 4.79 Å². The molecule has 0 radical (unpaired) electrons. The van der Waals surface area contributed by atoms with Crippen molar-refractivity contribution < 1.29 is 69.1 Å². The van der Waals surface area contributed by atoms with E-state index in [2.05, 4.69) is 59.9 Å². The molecular weight excluding hydrogens is 815 g/mol. The Hall–Kier alpha value is -2.05. The molecule has 63 heavy (non-hydrogen) atoms. The standard InChI is InChI=1S/C48H75NO14/c1-43(2)28-13-16-48(7)38(27(50)21-25-26-22-44(3,23-49-24-11-9-8-10-12-24)17-18-45(26,4)19-20-47(25,48)6)46(28,5)15-14-29(43)60-42-37(33(54)32(53)36(62-42)40(58)59)63-41-34(55)30(51)31(52)35(61-41)39(56)57/h21,24,26,28-38,41-42,49,51-55H,8-20,22-23H2,1-7H3,(H,56,57)(H,58,59)/t26-,28-,29-,30-,31-,32-,33-,34+,35-,36-,37+,38+,41-,42+,44-,45+,46-,47+,48+/m0/s1. The van der Waals surface area contributed by atoms with Crippen molar-refractivity contribution in [3.05, 3.63) is 11.6 Å². The maximum atomic E-state index is 15.1. The number of ketones is 1. The zero-order valence-corrected chi connectivity index (χ0v) is 38.3. The summed E-state index contributed by atoms with van der Waals surface area (Å²) in [6.45, 7) is 17.2. The van der Waals surface area contributed by atoms with Gasteiger partial charge >= 0.3 is 11.9 Å². The largest absolute Gasteiger partial charge is 0.479 e. The molecular formula is C48H75NO14. The second-order valence-corrected chi connectivity index (χ2v) is 23.3. The number of aliphatic hydroxyl groups is 5. The number of aliphatic hydroxyl groups excluding tert-OH is 5. The van der Waals surface area contributed by atoms with Gasteiger partial charge in [-0.1, -0.05) is 73.3 Å². The Bertz CT molecular complexity index is 1800. The fourth-order valence-electron chi connectivity index (χ4n) is 15.1. The molecule has 0 aromatic rings. The van der Waals surface area contributed by atoms with Gasteiger partial charge in [-0.25, -0.2) is 9.59 Å². The van der Waals surface area contributed by atoms with E-state index in [1.165, 1.54) is 50.5 Å². The molecule has 8 N–H and O–H groups in total. The van der Waals surface area contributed by atoms with Crippen LogP contribution in [0.3, 0.4) is 0 Å². The van der Waals surface area contributed by atoms with Gasteiger partial charge in [0.25, 0.3) is 0 Å². The van der Waals surface area contributed by atoms with E-state index >= 15 is 4.79 Å². The van der Waals surface area contributed by atoms with Gasteiger partial charge in [0, 0.05) is 18.5 Å². The monoisotopic (exact) mass is 890 g/mol. The van der Waals surface area contributed by atoms with Crippen LogP contribution in [0.4, 0.5) is 0 Å². The summed E-state index contributed by atoms with van der Waals surface area (Å²) in [6.07, 6.45) is -3.00. The molecule has 356 valence electrons. The highest BCUT2D eigenvalue weighted by Crippen LogP contribution is 2.75. The molecule has 2 heterocycles. The summed E-state index contributed by atoms with van der Waals surface area (Å²) in [5.74, 6) is -2.92. The van der Waals surface area contributed by atoms with E-state index in [0.717, 1.165) is 38.6 Å². The van der Waals surface area contributed by atoms with Gasteiger partial charge < -0.3 is 60.0 Å². The van der Waals surface area contributed by atoms with Crippen molar-refractivity contribution >= 4 is 17.7 Å². The molecule has 0 aromatic carbocycles. The van der Waals surface area contributed by atoms with Crippen LogP contribution in [0.15, 0.2) is 11.6 Å². The normalized spacial score (nSPS) is 51.2.